The summed E-state index contributed by atoms with van der Waals surface area (Å²) in [5.41, 5.74) is -4.53. The van der Waals surface area contributed by atoms with Crippen LogP contribution < -0.4 is 5.32 Å². The van der Waals surface area contributed by atoms with Gasteiger partial charge in [0.25, 0.3) is 0 Å². The molecule has 19 heavy (non-hydrogen) atoms. The van der Waals surface area contributed by atoms with Crippen molar-refractivity contribution in [3.63, 3.8) is 0 Å². The number of nitrogens with one attached hydrogen (secondary N) is 1. The molecule has 1 heterocycles. The fraction of sp³-hybridized carbons (Fsp3) is 0.100. The molecule has 0 fully saturated rings. The zero-order chi connectivity index (χ0) is 14.1. The topological polar surface area (TPSA) is 67.8 Å². The van der Waals surface area contributed by atoms with Gasteiger partial charge in [-0.05, 0) is 6.07 Å². The van der Waals surface area contributed by atoms with Gasteiger partial charge in [0.15, 0.2) is 0 Å². The number of alkyl halides is 3. The first-order chi connectivity index (χ1) is 8.79. The number of fused-ring (bicyclic) bond motifs is 1. The fourth-order valence-electron chi connectivity index (χ4n) is 1.28. The van der Waals surface area contributed by atoms with Gasteiger partial charge in [-0.2, -0.15) is 21.6 Å². The lowest BCUT2D eigenvalue weighted by Gasteiger charge is -2.13. The van der Waals surface area contributed by atoms with Crippen LogP contribution in [0.15, 0.2) is 41.3 Å². The predicted octanol–water partition coefficient (Wildman–Crippen LogP) is 2.20. The molecule has 0 spiro atoms. The molecule has 1 N–H and O–H groups in total. The van der Waals surface area contributed by atoms with Crippen LogP contribution >= 0.6 is 0 Å². The Morgan fingerprint density at radius 3 is 2.58 bits per heavy atom. The monoisotopic (exact) mass is 292 g/mol. The van der Waals surface area contributed by atoms with Crippen LogP contribution in [0, 0.1) is 0 Å². The Hall–Kier alpha value is -2.03. The largest absolute Gasteiger partial charge is 0.534 e. The maximum atomic E-state index is 12.2. The predicted molar refractivity (Wildman–Crippen MR) is 61.8 cm³/mol. The number of hydrogen-bond donors (Lipinski definition) is 1. The summed E-state index contributed by atoms with van der Waals surface area (Å²) in [4.78, 5) is 3.65. The van der Waals surface area contributed by atoms with Crippen molar-refractivity contribution in [2.45, 2.75) is 5.51 Å². The lowest BCUT2D eigenvalue weighted by Crippen LogP contribution is -2.26. The Morgan fingerprint density at radius 1 is 1.21 bits per heavy atom. The highest BCUT2D eigenvalue weighted by Gasteiger charge is 2.49. The summed E-state index contributed by atoms with van der Waals surface area (Å²) in [6.45, 7) is 0. The summed E-state index contributed by atoms with van der Waals surface area (Å²) in [6, 6.07) is 6.52. The zero-order valence-electron chi connectivity index (χ0n) is 9.18. The third-order valence-corrected chi connectivity index (χ3v) is 3.07. The second-order valence-electron chi connectivity index (χ2n) is 3.47. The SMILES string of the molecule is O=S(=O)(OC1=CN=Cc2ccccc2N1)C(F)(F)F. The Kier molecular flexibility index (Phi) is 3.23. The van der Waals surface area contributed by atoms with Crippen LogP contribution in [0.4, 0.5) is 18.9 Å². The van der Waals surface area contributed by atoms with E-state index in [9.17, 15) is 21.6 Å². The Balaban J connectivity index is 2.26. The number of anilines is 1. The number of benzene rings is 1. The molecule has 102 valence electrons. The molecule has 0 atom stereocenters. The first-order valence-electron chi connectivity index (χ1n) is 4.90. The van der Waals surface area contributed by atoms with Crippen LogP contribution in [0.1, 0.15) is 5.56 Å². The van der Waals surface area contributed by atoms with Gasteiger partial charge in [-0.15, -0.1) is 0 Å². The van der Waals surface area contributed by atoms with Gasteiger partial charge in [-0.1, -0.05) is 18.2 Å². The maximum absolute atomic E-state index is 12.2. The third kappa shape index (κ3) is 2.87. The summed E-state index contributed by atoms with van der Waals surface area (Å²) in [6.07, 6.45) is 2.21. The number of nitrogens with zero attached hydrogens (tertiary/aromatic N) is 1. The van der Waals surface area contributed by atoms with Crippen molar-refractivity contribution in [1.29, 1.82) is 0 Å². The van der Waals surface area contributed by atoms with E-state index < -0.39 is 21.5 Å². The van der Waals surface area contributed by atoms with Gasteiger partial charge in [0.1, 0.15) is 0 Å². The van der Waals surface area contributed by atoms with Crippen LogP contribution in [-0.2, 0) is 14.3 Å². The summed E-state index contributed by atoms with van der Waals surface area (Å²) >= 11 is 0. The van der Waals surface area contributed by atoms with Gasteiger partial charge in [-0.3, -0.25) is 4.99 Å². The quantitative estimate of drug-likeness (QED) is 0.670. The average Bonchev–Trinajstić information content (AvgIpc) is 2.48. The summed E-state index contributed by atoms with van der Waals surface area (Å²) in [5, 5.41) is 2.42. The van der Waals surface area contributed by atoms with E-state index in [-0.39, 0.29) is 0 Å². The van der Waals surface area contributed by atoms with Crippen molar-refractivity contribution in [3.05, 3.63) is 41.9 Å². The summed E-state index contributed by atoms with van der Waals surface area (Å²) in [5.74, 6) is -0.626. The molecule has 0 saturated heterocycles. The first-order valence-corrected chi connectivity index (χ1v) is 6.30. The third-order valence-electron chi connectivity index (χ3n) is 2.11. The molecule has 1 aliphatic rings. The van der Waals surface area contributed by atoms with Gasteiger partial charge in [-0.25, -0.2) is 0 Å². The van der Waals surface area contributed by atoms with E-state index >= 15 is 0 Å². The van der Waals surface area contributed by atoms with E-state index in [4.69, 9.17) is 0 Å². The average molecular weight is 292 g/mol. The van der Waals surface area contributed by atoms with E-state index in [1.165, 1.54) is 6.21 Å². The summed E-state index contributed by atoms with van der Waals surface area (Å²) < 4.78 is 62.2. The molecule has 1 aliphatic heterocycles. The van der Waals surface area contributed by atoms with Crippen LogP contribution in [0.3, 0.4) is 0 Å². The molecule has 0 amide bonds. The lowest BCUT2D eigenvalue weighted by molar-refractivity contribution is -0.0521. The van der Waals surface area contributed by atoms with Gasteiger partial charge in [0.05, 0.1) is 6.20 Å². The van der Waals surface area contributed by atoms with E-state index in [0.29, 0.717) is 11.3 Å². The number of halogens is 3. The molecule has 2 rings (SSSR count). The molecule has 5 nitrogen and oxygen atoms in total. The zero-order valence-corrected chi connectivity index (χ0v) is 9.99. The Bertz CT molecular complexity index is 650. The fourth-order valence-corrected chi connectivity index (χ4v) is 1.70. The molecule has 0 saturated carbocycles. The van der Waals surface area contributed by atoms with E-state index in [1.54, 1.807) is 24.3 Å². The summed E-state index contributed by atoms with van der Waals surface area (Å²) in [7, 11) is -5.72. The van der Waals surface area contributed by atoms with Gasteiger partial charge in [0.2, 0.25) is 5.88 Å². The highest BCUT2D eigenvalue weighted by molar-refractivity contribution is 7.87. The van der Waals surface area contributed by atoms with Crippen LogP contribution in [0.25, 0.3) is 0 Å². The van der Waals surface area contributed by atoms with Gasteiger partial charge < -0.3 is 9.50 Å². The Morgan fingerprint density at radius 2 is 1.89 bits per heavy atom. The molecule has 1 aromatic carbocycles. The van der Waals surface area contributed by atoms with Crippen molar-refractivity contribution in [2.75, 3.05) is 5.32 Å². The maximum Gasteiger partial charge on any atom is 0.534 e. The molecule has 0 aromatic heterocycles. The van der Waals surface area contributed by atoms with Crippen molar-refractivity contribution < 1.29 is 25.8 Å². The lowest BCUT2D eigenvalue weighted by atomic mass is 10.2. The number of hydrogen-bond acceptors (Lipinski definition) is 5. The van der Waals surface area contributed by atoms with Crippen molar-refractivity contribution >= 4 is 22.0 Å². The van der Waals surface area contributed by atoms with Crippen LogP contribution in [-0.4, -0.2) is 20.1 Å². The molecular weight excluding hydrogens is 285 g/mol. The van der Waals surface area contributed by atoms with E-state index in [1.807, 2.05) is 0 Å². The highest BCUT2D eigenvalue weighted by atomic mass is 32.2. The van der Waals surface area contributed by atoms with Gasteiger partial charge in [0, 0.05) is 17.5 Å². The normalized spacial score (nSPS) is 15.0. The molecule has 1 aromatic rings. The van der Waals surface area contributed by atoms with Crippen molar-refractivity contribution in [1.82, 2.24) is 0 Å². The molecular formula is C10H7F3N2O3S. The number of aliphatic imine (C=N–C) groups is 1. The standard InChI is InChI=1S/C10H7F3N2O3S/c11-10(12,13)19(16,17)18-9-6-14-5-7-3-1-2-4-8(7)15-9/h1-6,15H. The van der Waals surface area contributed by atoms with Crippen molar-refractivity contribution in [2.24, 2.45) is 4.99 Å². The van der Waals surface area contributed by atoms with Gasteiger partial charge >= 0.3 is 15.6 Å². The first kappa shape index (κ1) is 13.4. The second-order valence-corrected chi connectivity index (χ2v) is 5.00. The minimum atomic E-state index is -5.72. The molecule has 9 heteroatoms. The Labute approximate surface area is 106 Å². The second kappa shape index (κ2) is 4.57. The molecule has 0 radical (unpaired) electrons. The van der Waals surface area contributed by atoms with Crippen LogP contribution in [0.2, 0.25) is 0 Å². The minimum absolute atomic E-state index is 0.382. The molecule has 0 aliphatic carbocycles. The minimum Gasteiger partial charge on any atom is -0.356 e. The smallest absolute Gasteiger partial charge is 0.356 e. The van der Waals surface area contributed by atoms with Crippen molar-refractivity contribution in [3.8, 4) is 0 Å². The number of rotatable bonds is 2. The number of para-hydroxylation sites is 1. The molecule has 0 bridgehead atoms. The van der Waals surface area contributed by atoms with Crippen LogP contribution in [0.5, 0.6) is 0 Å². The highest BCUT2D eigenvalue weighted by Crippen LogP contribution is 2.28. The molecule has 0 unspecified atom stereocenters. The van der Waals surface area contributed by atoms with E-state index in [0.717, 1.165) is 6.20 Å². The van der Waals surface area contributed by atoms with E-state index in [2.05, 4.69) is 14.5 Å².